The van der Waals surface area contributed by atoms with Crippen molar-refractivity contribution >= 4 is 21.7 Å². The first-order chi connectivity index (χ1) is 7.20. The number of aryl methyl sites for hydroxylation is 2. The highest BCUT2D eigenvalue weighted by Crippen LogP contribution is 2.30. The minimum absolute atomic E-state index is 0.705. The van der Waals surface area contributed by atoms with Gasteiger partial charge in [-0.25, -0.2) is 9.97 Å². The van der Waals surface area contributed by atoms with Crippen molar-refractivity contribution in [2.45, 2.75) is 32.7 Å². The standard InChI is InChI=1S/C11H16BrN3/c1-8-7-11(14-9(2)13-8)15(6-5-12)10-3-4-10/h7,10H,3-6H2,1-2H3. The average Bonchev–Trinajstić information content (AvgIpc) is 2.95. The predicted octanol–water partition coefficient (Wildman–Crippen LogP) is 2.46. The zero-order valence-electron chi connectivity index (χ0n) is 9.20. The van der Waals surface area contributed by atoms with Crippen LogP contribution in [0.4, 0.5) is 5.82 Å². The van der Waals surface area contributed by atoms with Crippen molar-refractivity contribution in [1.29, 1.82) is 0 Å². The van der Waals surface area contributed by atoms with E-state index >= 15 is 0 Å². The fourth-order valence-corrected chi connectivity index (χ4v) is 2.19. The van der Waals surface area contributed by atoms with E-state index in [0.717, 1.165) is 29.2 Å². The number of anilines is 1. The van der Waals surface area contributed by atoms with Crippen molar-refractivity contribution in [3.63, 3.8) is 0 Å². The monoisotopic (exact) mass is 269 g/mol. The normalized spacial score (nSPS) is 15.4. The Labute approximate surface area is 99.0 Å². The third-order valence-electron chi connectivity index (χ3n) is 2.56. The molecule has 0 bridgehead atoms. The molecule has 15 heavy (non-hydrogen) atoms. The molecule has 2 rings (SSSR count). The van der Waals surface area contributed by atoms with Gasteiger partial charge in [-0.2, -0.15) is 0 Å². The zero-order chi connectivity index (χ0) is 10.8. The summed E-state index contributed by atoms with van der Waals surface area (Å²) in [7, 11) is 0. The van der Waals surface area contributed by atoms with Gasteiger partial charge in [-0.1, -0.05) is 15.9 Å². The molecular weight excluding hydrogens is 254 g/mol. The van der Waals surface area contributed by atoms with Gasteiger partial charge in [-0.15, -0.1) is 0 Å². The minimum Gasteiger partial charge on any atom is -0.353 e. The lowest BCUT2D eigenvalue weighted by atomic mass is 10.3. The third-order valence-corrected chi connectivity index (χ3v) is 2.91. The second-order valence-electron chi connectivity index (χ2n) is 4.03. The largest absolute Gasteiger partial charge is 0.353 e. The van der Waals surface area contributed by atoms with Crippen LogP contribution in [-0.2, 0) is 0 Å². The zero-order valence-corrected chi connectivity index (χ0v) is 10.8. The second kappa shape index (κ2) is 4.47. The van der Waals surface area contributed by atoms with Crippen LogP contribution in [-0.4, -0.2) is 27.9 Å². The molecule has 0 N–H and O–H groups in total. The molecular formula is C11H16BrN3. The van der Waals surface area contributed by atoms with Crippen molar-refractivity contribution in [3.05, 3.63) is 17.6 Å². The molecule has 1 aliphatic carbocycles. The van der Waals surface area contributed by atoms with Crippen LogP contribution in [0.15, 0.2) is 6.07 Å². The van der Waals surface area contributed by atoms with Crippen LogP contribution in [0.25, 0.3) is 0 Å². The molecule has 0 aliphatic heterocycles. The van der Waals surface area contributed by atoms with E-state index in [0.29, 0.717) is 6.04 Å². The number of alkyl halides is 1. The van der Waals surface area contributed by atoms with Crippen molar-refractivity contribution < 1.29 is 0 Å². The molecule has 82 valence electrons. The van der Waals surface area contributed by atoms with Gasteiger partial charge in [-0.05, 0) is 26.7 Å². The summed E-state index contributed by atoms with van der Waals surface area (Å²) < 4.78 is 0. The van der Waals surface area contributed by atoms with Gasteiger partial charge in [0, 0.05) is 29.7 Å². The van der Waals surface area contributed by atoms with E-state index in [9.17, 15) is 0 Å². The molecule has 0 radical (unpaired) electrons. The molecule has 0 amide bonds. The molecule has 0 spiro atoms. The van der Waals surface area contributed by atoms with Crippen LogP contribution < -0.4 is 4.90 Å². The van der Waals surface area contributed by atoms with Gasteiger partial charge < -0.3 is 4.90 Å². The van der Waals surface area contributed by atoms with E-state index in [1.54, 1.807) is 0 Å². The van der Waals surface area contributed by atoms with Crippen LogP contribution in [0.3, 0.4) is 0 Å². The van der Waals surface area contributed by atoms with Gasteiger partial charge in [0.25, 0.3) is 0 Å². The van der Waals surface area contributed by atoms with Gasteiger partial charge in [0.05, 0.1) is 0 Å². The van der Waals surface area contributed by atoms with Crippen LogP contribution in [0, 0.1) is 13.8 Å². The summed E-state index contributed by atoms with van der Waals surface area (Å²) in [6.45, 7) is 5.01. The lowest BCUT2D eigenvalue weighted by molar-refractivity contribution is 0.803. The van der Waals surface area contributed by atoms with Crippen molar-refractivity contribution in [2.75, 3.05) is 16.8 Å². The number of aromatic nitrogens is 2. The maximum atomic E-state index is 4.51. The summed E-state index contributed by atoms with van der Waals surface area (Å²) in [5, 5.41) is 0.992. The van der Waals surface area contributed by atoms with Crippen LogP contribution in [0.1, 0.15) is 24.4 Å². The molecule has 1 fully saturated rings. The maximum Gasteiger partial charge on any atom is 0.132 e. The first kappa shape index (κ1) is 10.9. The topological polar surface area (TPSA) is 29.0 Å². The lowest BCUT2D eigenvalue weighted by Gasteiger charge is -2.22. The van der Waals surface area contributed by atoms with Gasteiger partial charge in [-0.3, -0.25) is 0 Å². The van der Waals surface area contributed by atoms with E-state index in [2.05, 4.69) is 36.9 Å². The average molecular weight is 270 g/mol. The van der Waals surface area contributed by atoms with E-state index in [1.165, 1.54) is 12.8 Å². The first-order valence-corrected chi connectivity index (χ1v) is 6.48. The molecule has 4 heteroatoms. The minimum atomic E-state index is 0.705. The number of halogens is 1. The van der Waals surface area contributed by atoms with E-state index < -0.39 is 0 Å². The molecule has 0 saturated heterocycles. The third kappa shape index (κ3) is 2.68. The number of rotatable bonds is 4. The lowest BCUT2D eigenvalue weighted by Crippen LogP contribution is -2.29. The molecule has 0 atom stereocenters. The second-order valence-corrected chi connectivity index (χ2v) is 4.82. The number of hydrogen-bond donors (Lipinski definition) is 0. The summed E-state index contributed by atoms with van der Waals surface area (Å²) in [6.07, 6.45) is 2.60. The number of hydrogen-bond acceptors (Lipinski definition) is 3. The Bertz CT molecular complexity index is 329. The van der Waals surface area contributed by atoms with E-state index in [-0.39, 0.29) is 0 Å². The molecule has 1 aromatic heterocycles. The van der Waals surface area contributed by atoms with Gasteiger partial charge in [0.2, 0.25) is 0 Å². The molecule has 1 saturated carbocycles. The Balaban J connectivity index is 2.24. The van der Waals surface area contributed by atoms with Crippen molar-refractivity contribution in [1.82, 2.24) is 9.97 Å². The maximum absolute atomic E-state index is 4.51. The Morgan fingerprint density at radius 2 is 2.13 bits per heavy atom. The van der Waals surface area contributed by atoms with Crippen LogP contribution >= 0.6 is 15.9 Å². The van der Waals surface area contributed by atoms with Crippen LogP contribution in [0.2, 0.25) is 0 Å². The molecule has 1 aromatic rings. The van der Waals surface area contributed by atoms with Gasteiger partial charge >= 0.3 is 0 Å². The summed E-state index contributed by atoms with van der Waals surface area (Å²) in [6, 6.07) is 2.78. The first-order valence-electron chi connectivity index (χ1n) is 5.35. The Morgan fingerprint density at radius 1 is 1.40 bits per heavy atom. The van der Waals surface area contributed by atoms with E-state index in [4.69, 9.17) is 0 Å². The summed E-state index contributed by atoms with van der Waals surface area (Å²) >= 11 is 3.50. The summed E-state index contributed by atoms with van der Waals surface area (Å²) in [5.74, 6) is 1.95. The molecule has 0 unspecified atom stereocenters. The number of nitrogens with zero attached hydrogens (tertiary/aromatic N) is 3. The van der Waals surface area contributed by atoms with Crippen molar-refractivity contribution in [3.8, 4) is 0 Å². The fraction of sp³-hybridized carbons (Fsp3) is 0.636. The SMILES string of the molecule is Cc1cc(N(CCBr)C2CC2)nc(C)n1. The fourth-order valence-electron chi connectivity index (χ4n) is 1.81. The summed E-state index contributed by atoms with van der Waals surface area (Å²) in [5.41, 5.74) is 1.05. The quantitative estimate of drug-likeness (QED) is 0.787. The summed E-state index contributed by atoms with van der Waals surface area (Å²) in [4.78, 5) is 11.2. The highest BCUT2D eigenvalue weighted by Gasteiger charge is 2.29. The Hall–Kier alpha value is -0.640. The highest BCUT2D eigenvalue weighted by molar-refractivity contribution is 9.09. The van der Waals surface area contributed by atoms with Crippen LogP contribution in [0.5, 0.6) is 0 Å². The van der Waals surface area contributed by atoms with Crippen molar-refractivity contribution in [2.24, 2.45) is 0 Å². The Kier molecular flexibility index (Phi) is 3.24. The molecule has 3 nitrogen and oxygen atoms in total. The molecule has 1 heterocycles. The Morgan fingerprint density at radius 3 is 2.67 bits per heavy atom. The van der Waals surface area contributed by atoms with Gasteiger partial charge in [0.1, 0.15) is 11.6 Å². The van der Waals surface area contributed by atoms with Gasteiger partial charge in [0.15, 0.2) is 0 Å². The molecule has 0 aromatic carbocycles. The molecule has 1 aliphatic rings. The highest BCUT2D eigenvalue weighted by atomic mass is 79.9. The van der Waals surface area contributed by atoms with E-state index in [1.807, 2.05) is 13.8 Å². The predicted molar refractivity (Wildman–Crippen MR) is 65.7 cm³/mol. The smallest absolute Gasteiger partial charge is 0.132 e.